The van der Waals surface area contributed by atoms with Gasteiger partial charge in [0.15, 0.2) is 0 Å². The monoisotopic (exact) mass is 326 g/mol. The van der Waals surface area contributed by atoms with Crippen LogP contribution >= 0.6 is 0 Å². The van der Waals surface area contributed by atoms with Gasteiger partial charge in [0.05, 0.1) is 26.9 Å². The van der Waals surface area contributed by atoms with Crippen LogP contribution < -0.4 is 9.47 Å². The van der Waals surface area contributed by atoms with E-state index in [1.165, 1.54) is 11.1 Å². The minimum absolute atomic E-state index is 0.118. The zero-order valence-corrected chi connectivity index (χ0v) is 14.7. The lowest BCUT2D eigenvalue weighted by Gasteiger charge is -2.25. The summed E-state index contributed by atoms with van der Waals surface area (Å²) in [4.78, 5) is 0. The van der Waals surface area contributed by atoms with Gasteiger partial charge in [-0.25, -0.2) is 0 Å². The second kappa shape index (κ2) is 7.27. The lowest BCUT2D eigenvalue weighted by molar-refractivity contribution is 0.0906. The molecule has 0 aromatic heterocycles. The number of rotatable bonds is 5. The molecule has 0 N–H and O–H groups in total. The van der Waals surface area contributed by atoms with Crippen LogP contribution in [0.2, 0.25) is 0 Å². The Bertz CT molecular complexity index is 664. The Labute approximate surface area is 144 Å². The van der Waals surface area contributed by atoms with Gasteiger partial charge >= 0.3 is 0 Å². The number of fused-ring (bicyclic) bond motifs is 1. The highest BCUT2D eigenvalue weighted by molar-refractivity contribution is 5.43. The van der Waals surface area contributed by atoms with Crippen LogP contribution in [0.4, 0.5) is 0 Å². The second-order valence-corrected chi connectivity index (χ2v) is 7.26. The molecule has 3 nitrogen and oxygen atoms in total. The molecule has 24 heavy (non-hydrogen) atoms. The summed E-state index contributed by atoms with van der Waals surface area (Å²) in [6.07, 6.45) is 1.03. The fraction of sp³-hybridized carbons (Fsp3) is 0.429. The van der Waals surface area contributed by atoms with Crippen LogP contribution in [0.3, 0.4) is 0 Å². The van der Waals surface area contributed by atoms with Crippen LogP contribution in [0.15, 0.2) is 48.5 Å². The van der Waals surface area contributed by atoms with E-state index in [1.54, 1.807) is 7.11 Å². The van der Waals surface area contributed by atoms with Gasteiger partial charge in [-0.2, -0.15) is 0 Å². The van der Waals surface area contributed by atoms with Gasteiger partial charge in [0.25, 0.3) is 0 Å². The van der Waals surface area contributed by atoms with Crippen molar-refractivity contribution >= 4 is 0 Å². The molecule has 1 aliphatic heterocycles. The smallest absolute Gasteiger partial charge is 0.123 e. The van der Waals surface area contributed by atoms with Gasteiger partial charge in [0.1, 0.15) is 11.5 Å². The predicted octanol–water partition coefficient (Wildman–Crippen LogP) is 4.80. The average molecular weight is 326 g/mol. The van der Waals surface area contributed by atoms with Crippen molar-refractivity contribution < 1.29 is 14.2 Å². The van der Waals surface area contributed by atoms with Crippen molar-refractivity contribution in [2.75, 3.05) is 20.3 Å². The molecule has 2 aromatic carbocycles. The molecule has 1 heterocycles. The molecule has 1 atom stereocenters. The first kappa shape index (κ1) is 16.8. The highest BCUT2D eigenvalue weighted by Crippen LogP contribution is 2.41. The van der Waals surface area contributed by atoms with Crippen molar-refractivity contribution in [3.05, 3.63) is 59.7 Å². The van der Waals surface area contributed by atoms with Crippen molar-refractivity contribution in [1.82, 2.24) is 0 Å². The molecule has 0 saturated carbocycles. The van der Waals surface area contributed by atoms with Gasteiger partial charge in [-0.05, 0) is 35.6 Å². The van der Waals surface area contributed by atoms with Gasteiger partial charge in [-0.15, -0.1) is 0 Å². The van der Waals surface area contributed by atoms with Crippen LogP contribution in [0.25, 0.3) is 0 Å². The highest BCUT2D eigenvalue weighted by atomic mass is 16.5. The zero-order valence-electron chi connectivity index (χ0n) is 14.7. The second-order valence-electron chi connectivity index (χ2n) is 7.26. The van der Waals surface area contributed by atoms with Crippen LogP contribution in [0.5, 0.6) is 11.5 Å². The number of benzene rings is 2. The third-order valence-corrected chi connectivity index (χ3v) is 4.50. The molecule has 1 aliphatic rings. The first-order valence-electron chi connectivity index (χ1n) is 8.50. The van der Waals surface area contributed by atoms with Gasteiger partial charge in [0.2, 0.25) is 0 Å². The van der Waals surface area contributed by atoms with E-state index >= 15 is 0 Å². The van der Waals surface area contributed by atoms with Crippen molar-refractivity contribution in [3.8, 4) is 11.5 Å². The summed E-state index contributed by atoms with van der Waals surface area (Å²) >= 11 is 0. The van der Waals surface area contributed by atoms with E-state index in [9.17, 15) is 0 Å². The topological polar surface area (TPSA) is 27.7 Å². The molecular weight excluding hydrogens is 300 g/mol. The molecule has 128 valence electrons. The molecule has 1 unspecified atom stereocenters. The Balaban J connectivity index is 1.76. The quantitative estimate of drug-likeness (QED) is 0.789. The predicted molar refractivity (Wildman–Crippen MR) is 95.7 cm³/mol. The van der Waals surface area contributed by atoms with E-state index < -0.39 is 0 Å². The Morgan fingerprint density at radius 2 is 1.92 bits per heavy atom. The van der Waals surface area contributed by atoms with Crippen molar-refractivity contribution in [2.24, 2.45) is 5.41 Å². The fourth-order valence-electron chi connectivity index (χ4n) is 3.26. The molecular formula is C21H26O3. The Kier molecular flexibility index (Phi) is 5.10. The van der Waals surface area contributed by atoms with Gasteiger partial charge in [-0.3, -0.25) is 0 Å². The van der Waals surface area contributed by atoms with Crippen molar-refractivity contribution in [1.29, 1.82) is 0 Å². The normalized spacial score (nSPS) is 19.0. The van der Waals surface area contributed by atoms with Crippen LogP contribution in [-0.4, -0.2) is 20.3 Å². The molecule has 2 aromatic rings. The lowest BCUT2D eigenvalue weighted by atomic mass is 9.81. The largest absolute Gasteiger partial charge is 0.497 e. The zero-order chi connectivity index (χ0) is 17.0. The van der Waals surface area contributed by atoms with Gasteiger partial charge in [0, 0.05) is 11.5 Å². The maximum absolute atomic E-state index is 6.05. The van der Waals surface area contributed by atoms with Crippen molar-refractivity contribution in [2.45, 2.75) is 32.8 Å². The lowest BCUT2D eigenvalue weighted by Crippen LogP contribution is -2.22. The summed E-state index contributed by atoms with van der Waals surface area (Å²) < 4.78 is 17.5. The van der Waals surface area contributed by atoms with E-state index in [0.717, 1.165) is 24.5 Å². The van der Waals surface area contributed by atoms with E-state index in [4.69, 9.17) is 14.2 Å². The molecule has 3 heteroatoms. The van der Waals surface area contributed by atoms with E-state index in [-0.39, 0.29) is 5.41 Å². The molecule has 0 spiro atoms. The number of methoxy groups -OCH3 is 1. The first-order valence-corrected chi connectivity index (χ1v) is 8.50. The summed E-state index contributed by atoms with van der Waals surface area (Å²) in [5.41, 5.74) is 2.51. The summed E-state index contributed by atoms with van der Waals surface area (Å²) in [6.45, 7) is 6.54. The highest BCUT2D eigenvalue weighted by Gasteiger charge is 2.31. The maximum atomic E-state index is 6.05. The summed E-state index contributed by atoms with van der Waals surface area (Å²) in [7, 11) is 1.70. The minimum atomic E-state index is 0.118. The fourth-order valence-corrected chi connectivity index (χ4v) is 3.26. The van der Waals surface area contributed by atoms with Gasteiger partial charge < -0.3 is 14.2 Å². The summed E-state index contributed by atoms with van der Waals surface area (Å²) in [5.74, 6) is 2.12. The molecule has 0 aliphatic carbocycles. The number of ether oxygens (including phenoxy) is 3. The number of hydrogen-bond acceptors (Lipinski definition) is 3. The van der Waals surface area contributed by atoms with Crippen LogP contribution in [0, 0.1) is 5.41 Å². The Morgan fingerprint density at radius 1 is 1.12 bits per heavy atom. The summed E-state index contributed by atoms with van der Waals surface area (Å²) in [5, 5.41) is 0. The van der Waals surface area contributed by atoms with Crippen LogP contribution in [-0.2, 0) is 11.3 Å². The maximum Gasteiger partial charge on any atom is 0.123 e. The molecule has 3 rings (SSSR count). The minimum Gasteiger partial charge on any atom is -0.497 e. The molecule has 0 amide bonds. The van der Waals surface area contributed by atoms with Crippen molar-refractivity contribution in [3.63, 3.8) is 0 Å². The summed E-state index contributed by atoms with van der Waals surface area (Å²) in [6, 6.07) is 16.4. The molecule has 0 radical (unpaired) electrons. The molecule has 0 fully saturated rings. The average Bonchev–Trinajstić information content (AvgIpc) is 2.72. The first-order chi connectivity index (χ1) is 11.6. The standard InChI is InChI=1S/C21H26O3/c1-21(2)12-17(14-23-13-16-7-5-4-6-8-16)19-11-18(22-3)9-10-20(19)24-15-21/h4-11,17H,12-15H2,1-3H3. The van der Waals surface area contributed by atoms with Gasteiger partial charge in [-0.1, -0.05) is 44.2 Å². The third-order valence-electron chi connectivity index (χ3n) is 4.50. The van der Waals surface area contributed by atoms with Crippen LogP contribution in [0.1, 0.15) is 37.3 Å². The Morgan fingerprint density at radius 3 is 2.67 bits per heavy atom. The molecule has 0 saturated heterocycles. The third kappa shape index (κ3) is 4.09. The SMILES string of the molecule is COc1ccc2c(c1)C(COCc1ccccc1)CC(C)(C)CO2. The van der Waals surface area contributed by atoms with E-state index in [2.05, 4.69) is 32.0 Å². The van der Waals surface area contributed by atoms with E-state index in [0.29, 0.717) is 19.1 Å². The van der Waals surface area contributed by atoms with E-state index in [1.807, 2.05) is 30.3 Å². The number of hydrogen-bond donors (Lipinski definition) is 0. The Hall–Kier alpha value is -2.00. The molecule has 0 bridgehead atoms.